The molecule has 0 unspecified atom stereocenters. The molecule has 0 heterocycles. The van der Waals surface area contributed by atoms with Gasteiger partial charge in [-0.05, 0) is 30.5 Å². The number of carbonyl (C=O) groups excluding carboxylic acids is 1. The molecule has 0 saturated carbocycles. The molecule has 0 aromatic carbocycles. The minimum absolute atomic E-state index is 0.151. The van der Waals surface area contributed by atoms with Crippen LogP contribution >= 0.6 is 0 Å². The number of hydrogen-bond donors (Lipinski definition) is 0. The summed E-state index contributed by atoms with van der Waals surface area (Å²) in [7, 11) is -1.62. The molecule has 0 aromatic rings. The van der Waals surface area contributed by atoms with Gasteiger partial charge in [0.1, 0.15) is 6.29 Å². The van der Waals surface area contributed by atoms with Crippen molar-refractivity contribution in [3.63, 3.8) is 0 Å². The normalized spacial score (nSPS) is 16.9. The van der Waals surface area contributed by atoms with E-state index in [9.17, 15) is 4.79 Å². The van der Waals surface area contributed by atoms with Crippen molar-refractivity contribution in [3.05, 3.63) is 0 Å². The van der Waals surface area contributed by atoms with Crippen LogP contribution in [0, 0.1) is 11.8 Å². The van der Waals surface area contributed by atoms with E-state index in [4.69, 9.17) is 4.43 Å². The smallest absolute Gasteiger partial charge is 0.191 e. The number of rotatable bonds is 6. The van der Waals surface area contributed by atoms with Gasteiger partial charge in [-0.25, -0.2) is 0 Å². The highest BCUT2D eigenvalue weighted by Gasteiger charge is 2.37. The molecule has 3 heteroatoms. The Balaban J connectivity index is 4.10. The van der Waals surface area contributed by atoms with Crippen molar-refractivity contribution in [2.75, 3.05) is 6.61 Å². The fraction of sp³-hybridized carbons (Fsp3) is 0.923. The highest BCUT2D eigenvalue weighted by atomic mass is 28.4. The van der Waals surface area contributed by atoms with Crippen LogP contribution in [0.25, 0.3) is 0 Å². The van der Waals surface area contributed by atoms with E-state index >= 15 is 0 Å². The average molecular weight is 244 g/mol. The lowest BCUT2D eigenvalue weighted by molar-refractivity contribution is -0.111. The van der Waals surface area contributed by atoms with E-state index in [-0.39, 0.29) is 11.0 Å². The first-order valence-electron chi connectivity index (χ1n) is 6.19. The molecular weight excluding hydrogens is 216 g/mol. The fourth-order valence-electron chi connectivity index (χ4n) is 1.33. The molecular formula is C13H28O2Si. The molecule has 0 aliphatic rings. The average Bonchev–Trinajstić information content (AvgIpc) is 2.13. The molecule has 0 spiro atoms. The summed E-state index contributed by atoms with van der Waals surface area (Å²) in [6.07, 6.45) is 1.96. The van der Waals surface area contributed by atoms with Crippen LogP contribution in [0.1, 0.15) is 41.0 Å². The van der Waals surface area contributed by atoms with E-state index < -0.39 is 8.32 Å². The molecule has 2 atom stereocenters. The Labute approximate surface area is 102 Å². The molecule has 0 saturated heterocycles. The molecule has 0 bridgehead atoms. The zero-order chi connectivity index (χ0) is 13.0. The van der Waals surface area contributed by atoms with Gasteiger partial charge in [-0.2, -0.15) is 0 Å². The van der Waals surface area contributed by atoms with Gasteiger partial charge in [-0.1, -0.05) is 34.6 Å². The Morgan fingerprint density at radius 3 is 2.12 bits per heavy atom. The molecule has 0 aliphatic heterocycles. The highest BCUT2D eigenvalue weighted by Crippen LogP contribution is 2.36. The van der Waals surface area contributed by atoms with Gasteiger partial charge in [0.2, 0.25) is 0 Å². The summed E-state index contributed by atoms with van der Waals surface area (Å²) < 4.78 is 6.12. The first-order chi connectivity index (χ1) is 7.10. The summed E-state index contributed by atoms with van der Waals surface area (Å²) in [4.78, 5) is 10.6. The van der Waals surface area contributed by atoms with Gasteiger partial charge in [0.05, 0.1) is 0 Å². The van der Waals surface area contributed by atoms with Gasteiger partial charge >= 0.3 is 0 Å². The number of aldehydes is 1. The van der Waals surface area contributed by atoms with E-state index in [2.05, 4.69) is 40.8 Å². The highest BCUT2D eigenvalue weighted by molar-refractivity contribution is 6.74. The van der Waals surface area contributed by atoms with Crippen molar-refractivity contribution in [2.45, 2.75) is 59.2 Å². The van der Waals surface area contributed by atoms with Crippen LogP contribution in [-0.2, 0) is 9.22 Å². The standard InChI is InChI=1S/C13H28O2Si/c1-11(9-14)8-12(2)10-15-16(6,7)13(3,4)5/h9,11-12H,8,10H2,1-7H3/t11-,12-/m0/s1. The molecule has 96 valence electrons. The van der Waals surface area contributed by atoms with E-state index in [0.29, 0.717) is 5.92 Å². The quantitative estimate of drug-likeness (QED) is 0.524. The zero-order valence-electron chi connectivity index (χ0n) is 12.0. The maximum Gasteiger partial charge on any atom is 0.191 e. The lowest BCUT2D eigenvalue weighted by Crippen LogP contribution is -2.41. The van der Waals surface area contributed by atoms with Crippen molar-refractivity contribution in [3.8, 4) is 0 Å². The van der Waals surface area contributed by atoms with E-state index in [0.717, 1.165) is 19.3 Å². The SMILES string of the molecule is C[C@H](CO[Si](C)(C)C(C)(C)C)C[C@H](C)C=O. The van der Waals surface area contributed by atoms with Gasteiger partial charge in [0.15, 0.2) is 8.32 Å². The maximum atomic E-state index is 10.6. The van der Waals surface area contributed by atoms with Crippen molar-refractivity contribution in [1.29, 1.82) is 0 Å². The molecule has 2 nitrogen and oxygen atoms in total. The molecule has 0 radical (unpaired) electrons. The van der Waals surface area contributed by atoms with Crippen LogP contribution in [0.4, 0.5) is 0 Å². The van der Waals surface area contributed by atoms with Crippen LogP contribution < -0.4 is 0 Å². The minimum atomic E-state index is -1.62. The van der Waals surface area contributed by atoms with Crippen LogP contribution in [-0.4, -0.2) is 21.2 Å². The van der Waals surface area contributed by atoms with Gasteiger partial charge in [-0.15, -0.1) is 0 Å². The fourth-order valence-corrected chi connectivity index (χ4v) is 2.46. The molecule has 0 aliphatic carbocycles. The van der Waals surface area contributed by atoms with Gasteiger partial charge in [0.25, 0.3) is 0 Å². The lowest BCUT2D eigenvalue weighted by atomic mass is 10.00. The second-order valence-corrected chi connectivity index (χ2v) is 11.3. The lowest BCUT2D eigenvalue weighted by Gasteiger charge is -2.37. The Bertz CT molecular complexity index is 218. The maximum absolute atomic E-state index is 10.6. The van der Waals surface area contributed by atoms with Crippen molar-refractivity contribution in [1.82, 2.24) is 0 Å². The predicted molar refractivity (Wildman–Crippen MR) is 72.2 cm³/mol. The Morgan fingerprint density at radius 1 is 1.25 bits per heavy atom. The van der Waals surface area contributed by atoms with E-state index in [1.807, 2.05) is 6.92 Å². The second-order valence-electron chi connectivity index (χ2n) is 6.53. The van der Waals surface area contributed by atoms with Crippen LogP contribution in [0.3, 0.4) is 0 Å². The molecule has 0 fully saturated rings. The van der Waals surface area contributed by atoms with Gasteiger partial charge in [-0.3, -0.25) is 0 Å². The van der Waals surface area contributed by atoms with Crippen molar-refractivity contribution < 1.29 is 9.22 Å². The molecule has 0 rings (SSSR count). The van der Waals surface area contributed by atoms with Crippen LogP contribution in [0.15, 0.2) is 0 Å². The summed E-state index contributed by atoms with van der Waals surface area (Å²) in [5.41, 5.74) is 0. The third-order valence-corrected chi connectivity index (χ3v) is 8.04. The topological polar surface area (TPSA) is 26.3 Å². The number of hydrogen-bond acceptors (Lipinski definition) is 2. The third-order valence-electron chi connectivity index (χ3n) is 3.54. The first kappa shape index (κ1) is 15.8. The molecule has 0 amide bonds. The van der Waals surface area contributed by atoms with Gasteiger partial charge in [0, 0.05) is 12.5 Å². The van der Waals surface area contributed by atoms with E-state index in [1.54, 1.807) is 0 Å². The molecule has 16 heavy (non-hydrogen) atoms. The van der Waals surface area contributed by atoms with Crippen molar-refractivity contribution in [2.24, 2.45) is 11.8 Å². The first-order valence-corrected chi connectivity index (χ1v) is 9.10. The number of carbonyl (C=O) groups is 1. The van der Waals surface area contributed by atoms with Gasteiger partial charge < -0.3 is 9.22 Å². The zero-order valence-corrected chi connectivity index (χ0v) is 13.0. The Hall–Kier alpha value is -0.153. The molecule has 0 aromatic heterocycles. The van der Waals surface area contributed by atoms with Crippen LogP contribution in [0.5, 0.6) is 0 Å². The van der Waals surface area contributed by atoms with E-state index in [1.165, 1.54) is 0 Å². The minimum Gasteiger partial charge on any atom is -0.417 e. The summed E-state index contributed by atoms with van der Waals surface area (Å²) in [5.74, 6) is 0.618. The predicted octanol–water partition coefficient (Wildman–Crippen LogP) is 3.87. The third kappa shape index (κ3) is 5.26. The monoisotopic (exact) mass is 244 g/mol. The van der Waals surface area contributed by atoms with Crippen molar-refractivity contribution >= 4 is 14.6 Å². The van der Waals surface area contributed by atoms with Crippen LogP contribution in [0.2, 0.25) is 18.1 Å². The Kier molecular flexibility index (Phi) is 5.91. The summed E-state index contributed by atoms with van der Waals surface area (Å²) in [5, 5.41) is 0.267. The largest absolute Gasteiger partial charge is 0.417 e. The molecule has 0 N–H and O–H groups in total. The summed E-state index contributed by atoms with van der Waals surface area (Å²) in [6.45, 7) is 16.2. The summed E-state index contributed by atoms with van der Waals surface area (Å²) in [6, 6.07) is 0. The Morgan fingerprint density at radius 2 is 1.75 bits per heavy atom. The summed E-state index contributed by atoms with van der Waals surface area (Å²) >= 11 is 0. The second kappa shape index (κ2) is 5.96.